The molecule has 0 heterocycles. The summed E-state index contributed by atoms with van der Waals surface area (Å²) in [5, 5.41) is 0. The van der Waals surface area contributed by atoms with E-state index in [1.54, 1.807) is 0 Å². The van der Waals surface area contributed by atoms with E-state index in [0.29, 0.717) is 6.61 Å². The van der Waals surface area contributed by atoms with Crippen molar-refractivity contribution in [2.24, 2.45) is 11.8 Å². The zero-order chi connectivity index (χ0) is 16.3. The monoisotopic (exact) mass is 312 g/mol. The number of benzene rings is 1. The Hall–Kier alpha value is -1.34. The lowest BCUT2D eigenvalue weighted by Gasteiger charge is -2.26. The Morgan fingerprint density at radius 3 is 2.43 bits per heavy atom. The SMILES string of the molecule is C=CCCOCc1ccc(CCC2CCC(/C=C/C)CC2)cc1. The Labute approximate surface area is 142 Å². The van der Waals surface area contributed by atoms with Gasteiger partial charge in [-0.25, -0.2) is 0 Å². The summed E-state index contributed by atoms with van der Waals surface area (Å²) >= 11 is 0. The molecule has 0 aliphatic heterocycles. The van der Waals surface area contributed by atoms with Crippen LogP contribution in [0.1, 0.15) is 56.6 Å². The first-order valence-electron chi connectivity index (χ1n) is 9.21. The van der Waals surface area contributed by atoms with Gasteiger partial charge < -0.3 is 4.74 Å². The molecule has 2 rings (SSSR count). The minimum atomic E-state index is 0.711. The molecule has 0 amide bonds. The van der Waals surface area contributed by atoms with Crippen LogP contribution in [-0.4, -0.2) is 6.61 Å². The molecule has 0 aromatic heterocycles. The Morgan fingerprint density at radius 1 is 1.09 bits per heavy atom. The van der Waals surface area contributed by atoms with Gasteiger partial charge in [-0.2, -0.15) is 0 Å². The van der Waals surface area contributed by atoms with Gasteiger partial charge in [0.25, 0.3) is 0 Å². The van der Waals surface area contributed by atoms with E-state index in [-0.39, 0.29) is 0 Å². The Kier molecular flexibility index (Phi) is 8.17. The largest absolute Gasteiger partial charge is 0.376 e. The molecular weight excluding hydrogens is 280 g/mol. The van der Waals surface area contributed by atoms with Crippen molar-refractivity contribution in [3.8, 4) is 0 Å². The maximum atomic E-state index is 5.61. The summed E-state index contributed by atoms with van der Waals surface area (Å²) < 4.78 is 5.61. The van der Waals surface area contributed by atoms with Crippen molar-refractivity contribution in [3.05, 3.63) is 60.2 Å². The molecule has 0 spiro atoms. The van der Waals surface area contributed by atoms with Crippen molar-refractivity contribution < 1.29 is 4.74 Å². The number of ether oxygens (including phenoxy) is 1. The van der Waals surface area contributed by atoms with Crippen molar-refractivity contribution in [3.63, 3.8) is 0 Å². The minimum Gasteiger partial charge on any atom is -0.376 e. The van der Waals surface area contributed by atoms with E-state index in [4.69, 9.17) is 4.74 Å². The highest BCUT2D eigenvalue weighted by Gasteiger charge is 2.18. The van der Waals surface area contributed by atoms with Gasteiger partial charge in [-0.05, 0) is 74.8 Å². The first-order chi connectivity index (χ1) is 11.3. The minimum absolute atomic E-state index is 0.711. The van der Waals surface area contributed by atoms with Gasteiger partial charge in [0.1, 0.15) is 0 Å². The fourth-order valence-electron chi connectivity index (χ4n) is 3.47. The van der Waals surface area contributed by atoms with Crippen molar-refractivity contribution in [2.45, 2.75) is 58.5 Å². The van der Waals surface area contributed by atoms with Gasteiger partial charge in [0.2, 0.25) is 0 Å². The molecule has 1 aromatic carbocycles. The average molecular weight is 312 g/mol. The van der Waals surface area contributed by atoms with Crippen LogP contribution in [0.4, 0.5) is 0 Å². The summed E-state index contributed by atoms with van der Waals surface area (Å²) in [5.41, 5.74) is 2.74. The van der Waals surface area contributed by atoms with E-state index in [9.17, 15) is 0 Å². The maximum Gasteiger partial charge on any atom is 0.0717 e. The third-order valence-corrected chi connectivity index (χ3v) is 4.96. The molecule has 1 fully saturated rings. The predicted molar refractivity (Wildman–Crippen MR) is 99.5 cm³/mol. The molecular formula is C22H32O. The van der Waals surface area contributed by atoms with E-state index in [0.717, 1.165) is 24.9 Å². The van der Waals surface area contributed by atoms with Crippen LogP contribution in [0.2, 0.25) is 0 Å². The first-order valence-corrected chi connectivity index (χ1v) is 9.21. The van der Waals surface area contributed by atoms with Crippen LogP contribution in [0.5, 0.6) is 0 Å². The second-order valence-corrected chi connectivity index (χ2v) is 6.79. The molecule has 1 heteroatoms. The summed E-state index contributed by atoms with van der Waals surface area (Å²) in [7, 11) is 0. The van der Waals surface area contributed by atoms with Crippen LogP contribution in [0, 0.1) is 11.8 Å². The third kappa shape index (κ3) is 6.74. The molecule has 0 atom stereocenters. The normalized spacial score (nSPS) is 21.6. The highest BCUT2D eigenvalue weighted by Crippen LogP contribution is 2.32. The molecule has 0 unspecified atom stereocenters. The first kappa shape index (κ1) is 18.0. The predicted octanol–water partition coefficient (Wildman–Crippen LogP) is 6.09. The molecule has 1 nitrogen and oxygen atoms in total. The highest BCUT2D eigenvalue weighted by atomic mass is 16.5. The third-order valence-electron chi connectivity index (χ3n) is 4.96. The second-order valence-electron chi connectivity index (χ2n) is 6.79. The van der Waals surface area contributed by atoms with Crippen molar-refractivity contribution in [2.75, 3.05) is 6.61 Å². The van der Waals surface area contributed by atoms with Crippen LogP contribution in [0.25, 0.3) is 0 Å². The van der Waals surface area contributed by atoms with Crippen LogP contribution >= 0.6 is 0 Å². The van der Waals surface area contributed by atoms with E-state index in [2.05, 4.69) is 49.9 Å². The Bertz CT molecular complexity index is 463. The smallest absolute Gasteiger partial charge is 0.0717 e. The van der Waals surface area contributed by atoms with E-state index in [1.165, 1.54) is 49.7 Å². The highest BCUT2D eigenvalue weighted by molar-refractivity contribution is 5.22. The topological polar surface area (TPSA) is 9.23 Å². The van der Waals surface area contributed by atoms with Crippen LogP contribution in [0.3, 0.4) is 0 Å². The molecule has 0 radical (unpaired) electrons. The molecule has 126 valence electrons. The number of allylic oxidation sites excluding steroid dienone is 2. The van der Waals surface area contributed by atoms with Gasteiger partial charge >= 0.3 is 0 Å². The van der Waals surface area contributed by atoms with Gasteiger partial charge in [-0.15, -0.1) is 6.58 Å². The molecule has 23 heavy (non-hydrogen) atoms. The fraction of sp³-hybridized carbons (Fsp3) is 0.545. The van der Waals surface area contributed by atoms with Gasteiger partial charge in [0.15, 0.2) is 0 Å². The van der Waals surface area contributed by atoms with E-state index in [1.807, 2.05) is 6.08 Å². The molecule has 0 N–H and O–H groups in total. The summed E-state index contributed by atoms with van der Waals surface area (Å²) in [4.78, 5) is 0. The van der Waals surface area contributed by atoms with Gasteiger partial charge in [-0.3, -0.25) is 0 Å². The number of hydrogen-bond donors (Lipinski definition) is 0. The summed E-state index contributed by atoms with van der Waals surface area (Å²) in [6, 6.07) is 8.98. The standard InChI is InChI=1S/C22H32O/c1-3-5-17-23-18-22-15-13-21(14-16-22)12-11-20-9-7-19(6-4-2)8-10-20/h3-4,6,13-16,19-20H,1,5,7-12,17-18H2,2H3/b6-4+. The van der Waals surface area contributed by atoms with Gasteiger partial charge in [0.05, 0.1) is 13.2 Å². The van der Waals surface area contributed by atoms with Crippen LogP contribution in [0.15, 0.2) is 49.1 Å². The Morgan fingerprint density at radius 2 is 1.78 bits per heavy atom. The summed E-state index contributed by atoms with van der Waals surface area (Å²) in [6.45, 7) is 7.32. The van der Waals surface area contributed by atoms with Crippen molar-refractivity contribution in [1.29, 1.82) is 0 Å². The number of rotatable bonds is 9. The molecule has 1 saturated carbocycles. The quantitative estimate of drug-likeness (QED) is 0.396. The number of hydrogen-bond acceptors (Lipinski definition) is 1. The lowest BCUT2D eigenvalue weighted by atomic mass is 9.79. The summed E-state index contributed by atoms with van der Waals surface area (Å²) in [6.07, 6.45) is 15.6. The van der Waals surface area contributed by atoms with E-state index < -0.39 is 0 Å². The Balaban J connectivity index is 1.67. The second kappa shape index (κ2) is 10.4. The molecule has 1 aliphatic rings. The number of aryl methyl sites for hydroxylation is 1. The van der Waals surface area contributed by atoms with Crippen molar-refractivity contribution in [1.82, 2.24) is 0 Å². The zero-order valence-electron chi connectivity index (χ0n) is 14.7. The molecule has 1 aliphatic carbocycles. The maximum absolute atomic E-state index is 5.61. The lowest BCUT2D eigenvalue weighted by molar-refractivity contribution is 0.125. The van der Waals surface area contributed by atoms with Crippen molar-refractivity contribution >= 4 is 0 Å². The van der Waals surface area contributed by atoms with Gasteiger partial charge in [-0.1, -0.05) is 42.5 Å². The zero-order valence-corrected chi connectivity index (χ0v) is 14.7. The van der Waals surface area contributed by atoms with Crippen LogP contribution < -0.4 is 0 Å². The molecule has 0 saturated heterocycles. The molecule has 0 bridgehead atoms. The van der Waals surface area contributed by atoms with E-state index >= 15 is 0 Å². The fourth-order valence-corrected chi connectivity index (χ4v) is 3.47. The molecule has 1 aromatic rings. The van der Waals surface area contributed by atoms with Gasteiger partial charge in [0, 0.05) is 0 Å². The average Bonchev–Trinajstić information content (AvgIpc) is 2.59. The van der Waals surface area contributed by atoms with Crippen LogP contribution in [-0.2, 0) is 17.8 Å². The lowest BCUT2D eigenvalue weighted by Crippen LogP contribution is -2.13. The summed E-state index contributed by atoms with van der Waals surface area (Å²) in [5.74, 6) is 1.77.